The minimum atomic E-state index is -3.57. The van der Waals surface area contributed by atoms with Gasteiger partial charge in [-0.15, -0.1) is 8.78 Å². The maximum absolute atomic E-state index is 12.8. The van der Waals surface area contributed by atoms with Gasteiger partial charge in [0.2, 0.25) is 0 Å². The molecule has 0 N–H and O–H groups in total. The van der Waals surface area contributed by atoms with Crippen LogP contribution in [0.2, 0.25) is 0 Å². The standard InChI is InChI=1S/C12H7F2NO2/c13-12(14)16-10-2-1-9(7-11(10)17-12)8-3-5-15-6-4-8/h1-7H. The Bertz CT molecular complexity index is 558. The lowest BCUT2D eigenvalue weighted by Crippen LogP contribution is -2.25. The van der Waals surface area contributed by atoms with Gasteiger partial charge >= 0.3 is 6.29 Å². The van der Waals surface area contributed by atoms with Crippen molar-refractivity contribution in [1.82, 2.24) is 4.98 Å². The zero-order valence-corrected chi connectivity index (χ0v) is 8.56. The molecule has 3 nitrogen and oxygen atoms in total. The van der Waals surface area contributed by atoms with Crippen LogP contribution in [0, 0.1) is 0 Å². The molecule has 2 heterocycles. The summed E-state index contributed by atoms with van der Waals surface area (Å²) in [5.74, 6) is 0.0946. The third-order valence-electron chi connectivity index (χ3n) is 2.41. The minimum Gasteiger partial charge on any atom is -0.395 e. The highest BCUT2D eigenvalue weighted by atomic mass is 19.3. The Balaban J connectivity index is 2.02. The highest BCUT2D eigenvalue weighted by molar-refractivity contribution is 5.67. The molecule has 1 aromatic carbocycles. The number of halogens is 2. The first-order chi connectivity index (χ1) is 8.14. The molecule has 2 aromatic rings. The summed E-state index contributed by atoms with van der Waals surface area (Å²) < 4.78 is 34.3. The van der Waals surface area contributed by atoms with Gasteiger partial charge in [-0.05, 0) is 35.4 Å². The van der Waals surface area contributed by atoms with Crippen molar-refractivity contribution in [1.29, 1.82) is 0 Å². The number of aromatic nitrogens is 1. The van der Waals surface area contributed by atoms with Crippen LogP contribution in [0.25, 0.3) is 11.1 Å². The molecule has 0 bridgehead atoms. The molecule has 0 aliphatic carbocycles. The Morgan fingerprint density at radius 3 is 2.35 bits per heavy atom. The van der Waals surface area contributed by atoms with Gasteiger partial charge in [-0.1, -0.05) is 6.07 Å². The number of benzene rings is 1. The van der Waals surface area contributed by atoms with E-state index in [1.165, 1.54) is 12.1 Å². The van der Waals surface area contributed by atoms with Crippen molar-refractivity contribution in [3.8, 4) is 22.6 Å². The zero-order chi connectivity index (χ0) is 11.9. The molecule has 0 atom stereocenters. The summed E-state index contributed by atoms with van der Waals surface area (Å²) in [6.45, 7) is 0. The lowest BCUT2D eigenvalue weighted by atomic mass is 10.1. The Kier molecular flexibility index (Phi) is 2.01. The van der Waals surface area contributed by atoms with Crippen molar-refractivity contribution in [3.63, 3.8) is 0 Å². The Hall–Kier alpha value is -2.17. The molecule has 0 fully saturated rings. The molecule has 86 valence electrons. The van der Waals surface area contributed by atoms with Crippen LogP contribution < -0.4 is 9.47 Å². The monoisotopic (exact) mass is 235 g/mol. The van der Waals surface area contributed by atoms with Crippen LogP contribution in [0.5, 0.6) is 11.5 Å². The van der Waals surface area contributed by atoms with Crippen LogP contribution in [-0.4, -0.2) is 11.3 Å². The molecule has 0 amide bonds. The van der Waals surface area contributed by atoms with Crippen LogP contribution in [0.15, 0.2) is 42.7 Å². The van der Waals surface area contributed by atoms with Crippen LogP contribution >= 0.6 is 0 Å². The van der Waals surface area contributed by atoms with Crippen LogP contribution in [0.3, 0.4) is 0 Å². The van der Waals surface area contributed by atoms with Gasteiger partial charge in [0.15, 0.2) is 11.5 Å². The first-order valence-electron chi connectivity index (χ1n) is 4.94. The van der Waals surface area contributed by atoms with Crippen molar-refractivity contribution >= 4 is 0 Å². The van der Waals surface area contributed by atoms with E-state index >= 15 is 0 Å². The van der Waals surface area contributed by atoms with E-state index in [1.807, 2.05) is 0 Å². The zero-order valence-electron chi connectivity index (χ0n) is 8.56. The molecule has 0 saturated carbocycles. The summed E-state index contributed by atoms with van der Waals surface area (Å²) in [6.07, 6.45) is -0.303. The second-order valence-corrected chi connectivity index (χ2v) is 3.56. The topological polar surface area (TPSA) is 31.4 Å². The number of pyridine rings is 1. The number of ether oxygens (including phenoxy) is 2. The predicted molar refractivity (Wildman–Crippen MR) is 55.9 cm³/mol. The summed E-state index contributed by atoms with van der Waals surface area (Å²) in [5.41, 5.74) is 1.65. The van der Waals surface area contributed by atoms with E-state index in [4.69, 9.17) is 0 Å². The van der Waals surface area contributed by atoms with Gasteiger partial charge in [-0.3, -0.25) is 4.98 Å². The largest absolute Gasteiger partial charge is 0.586 e. The summed E-state index contributed by atoms with van der Waals surface area (Å²) in [6, 6.07) is 8.25. The highest BCUT2D eigenvalue weighted by Crippen LogP contribution is 2.42. The number of nitrogens with zero attached hydrogens (tertiary/aromatic N) is 1. The molecule has 1 aliphatic rings. The average Bonchev–Trinajstić information content (AvgIpc) is 2.63. The van der Waals surface area contributed by atoms with Gasteiger partial charge in [0.25, 0.3) is 0 Å². The van der Waals surface area contributed by atoms with Gasteiger partial charge in [0.1, 0.15) is 0 Å². The van der Waals surface area contributed by atoms with Crippen LogP contribution in [-0.2, 0) is 0 Å². The lowest BCUT2D eigenvalue weighted by Gasteiger charge is -2.04. The van der Waals surface area contributed by atoms with E-state index in [2.05, 4.69) is 14.5 Å². The fourth-order valence-corrected chi connectivity index (χ4v) is 1.67. The van der Waals surface area contributed by atoms with Gasteiger partial charge in [-0.25, -0.2) is 0 Å². The second-order valence-electron chi connectivity index (χ2n) is 3.56. The Morgan fingerprint density at radius 1 is 0.882 bits per heavy atom. The molecule has 17 heavy (non-hydrogen) atoms. The summed E-state index contributed by atoms with van der Waals surface area (Å²) in [7, 11) is 0. The lowest BCUT2D eigenvalue weighted by molar-refractivity contribution is -0.286. The van der Waals surface area contributed by atoms with Crippen molar-refractivity contribution in [2.75, 3.05) is 0 Å². The maximum atomic E-state index is 12.8. The van der Waals surface area contributed by atoms with E-state index in [-0.39, 0.29) is 11.5 Å². The Morgan fingerprint density at radius 2 is 1.59 bits per heavy atom. The fraction of sp³-hybridized carbons (Fsp3) is 0.0833. The molecule has 5 heteroatoms. The molecule has 0 saturated heterocycles. The SMILES string of the molecule is FC1(F)Oc2ccc(-c3ccncc3)cc2O1. The van der Waals surface area contributed by atoms with E-state index in [9.17, 15) is 8.78 Å². The summed E-state index contributed by atoms with van der Waals surface area (Å²) >= 11 is 0. The third kappa shape index (κ3) is 1.80. The van der Waals surface area contributed by atoms with Crippen molar-refractivity contribution in [3.05, 3.63) is 42.7 Å². The van der Waals surface area contributed by atoms with E-state index in [0.717, 1.165) is 11.1 Å². The number of fused-ring (bicyclic) bond motifs is 1. The van der Waals surface area contributed by atoms with E-state index < -0.39 is 6.29 Å². The number of rotatable bonds is 1. The molecule has 1 aromatic heterocycles. The van der Waals surface area contributed by atoms with Gasteiger partial charge in [-0.2, -0.15) is 0 Å². The molecule has 3 rings (SSSR count). The van der Waals surface area contributed by atoms with Gasteiger partial charge < -0.3 is 9.47 Å². The normalized spacial score (nSPS) is 15.9. The molecular weight excluding hydrogens is 228 g/mol. The molecule has 1 aliphatic heterocycles. The van der Waals surface area contributed by atoms with E-state index in [0.29, 0.717) is 0 Å². The van der Waals surface area contributed by atoms with Gasteiger partial charge in [0.05, 0.1) is 0 Å². The van der Waals surface area contributed by atoms with Crippen molar-refractivity contribution in [2.24, 2.45) is 0 Å². The quantitative estimate of drug-likeness (QED) is 0.761. The highest BCUT2D eigenvalue weighted by Gasteiger charge is 2.43. The molecule has 0 unspecified atom stereocenters. The number of hydrogen-bond acceptors (Lipinski definition) is 3. The van der Waals surface area contributed by atoms with Gasteiger partial charge in [0, 0.05) is 12.4 Å². The second kappa shape index (κ2) is 3.41. The maximum Gasteiger partial charge on any atom is 0.586 e. The predicted octanol–water partition coefficient (Wildman–Crippen LogP) is 3.07. The smallest absolute Gasteiger partial charge is 0.395 e. The molecular formula is C12H7F2NO2. The first-order valence-corrected chi connectivity index (χ1v) is 4.94. The summed E-state index contributed by atoms with van der Waals surface area (Å²) in [4.78, 5) is 3.89. The Labute approximate surface area is 95.6 Å². The first kappa shape index (κ1) is 10.0. The summed E-state index contributed by atoms with van der Waals surface area (Å²) in [5, 5.41) is 0. The van der Waals surface area contributed by atoms with Crippen molar-refractivity contribution in [2.45, 2.75) is 6.29 Å². The van der Waals surface area contributed by atoms with E-state index in [1.54, 1.807) is 30.6 Å². The van der Waals surface area contributed by atoms with Crippen LogP contribution in [0.1, 0.15) is 0 Å². The van der Waals surface area contributed by atoms with Crippen molar-refractivity contribution < 1.29 is 18.3 Å². The minimum absolute atomic E-state index is 0.0457. The number of alkyl halides is 2. The average molecular weight is 235 g/mol. The molecule has 0 spiro atoms. The molecule has 0 radical (unpaired) electrons. The van der Waals surface area contributed by atoms with Crippen LogP contribution in [0.4, 0.5) is 8.78 Å². The third-order valence-corrected chi connectivity index (χ3v) is 2.41. The fourth-order valence-electron chi connectivity index (χ4n) is 1.67. The number of hydrogen-bond donors (Lipinski definition) is 0.